The van der Waals surface area contributed by atoms with Gasteiger partial charge in [-0.1, -0.05) is 12.1 Å². The molecule has 0 spiro atoms. The van der Waals surface area contributed by atoms with Crippen molar-refractivity contribution in [1.29, 1.82) is 0 Å². The first kappa shape index (κ1) is 16.8. The zero-order valence-corrected chi connectivity index (χ0v) is 14.3. The molecule has 4 rings (SSSR count). The van der Waals surface area contributed by atoms with Crippen LogP contribution in [-0.4, -0.2) is 25.3 Å². The predicted octanol–water partition coefficient (Wildman–Crippen LogP) is 1.87. The summed E-state index contributed by atoms with van der Waals surface area (Å²) in [5, 5.41) is 10.2. The molecule has 2 aromatic rings. The highest BCUT2D eigenvalue weighted by molar-refractivity contribution is 6.11. The van der Waals surface area contributed by atoms with Gasteiger partial charge < -0.3 is 20.4 Å². The second-order valence-electron chi connectivity index (χ2n) is 6.63. The molecule has 2 aliphatic rings. The minimum absolute atomic E-state index is 0.323. The molecule has 0 amide bonds. The fraction of sp³-hybridized carbons (Fsp3) is 0.316. The van der Waals surface area contributed by atoms with Gasteiger partial charge in [0, 0.05) is 29.0 Å². The molecule has 26 heavy (non-hydrogen) atoms. The highest BCUT2D eigenvalue weighted by Gasteiger charge is 2.32. The Bertz CT molecular complexity index is 826. The molecule has 0 bridgehead atoms. The Labute approximate surface area is 151 Å². The van der Waals surface area contributed by atoms with E-state index in [0.717, 1.165) is 42.9 Å². The fourth-order valence-electron chi connectivity index (χ4n) is 3.31. The van der Waals surface area contributed by atoms with Gasteiger partial charge >= 0.3 is 0 Å². The molecule has 136 valence electrons. The minimum Gasteiger partial charge on any atom is -0.472 e. The molecular weight excluding hydrogens is 333 g/mol. The van der Waals surface area contributed by atoms with Gasteiger partial charge in [-0.05, 0) is 44.1 Å². The van der Waals surface area contributed by atoms with Crippen LogP contribution in [0.15, 0.2) is 58.1 Å². The normalized spacial score (nSPS) is 23.8. The molecule has 0 saturated carbocycles. The van der Waals surface area contributed by atoms with Crippen molar-refractivity contribution in [2.45, 2.75) is 24.7 Å². The number of nitrogens with one attached hydrogen (secondary N) is 3. The summed E-state index contributed by atoms with van der Waals surface area (Å²) in [7, 11) is 0. The van der Waals surface area contributed by atoms with Crippen molar-refractivity contribution in [3.05, 3.63) is 65.6 Å². The van der Waals surface area contributed by atoms with Gasteiger partial charge in [0.15, 0.2) is 0 Å². The van der Waals surface area contributed by atoms with E-state index in [2.05, 4.69) is 20.9 Å². The lowest BCUT2D eigenvalue weighted by Gasteiger charge is -2.36. The van der Waals surface area contributed by atoms with E-state index >= 15 is 0 Å². The first-order chi connectivity index (χ1) is 12.6. The maximum atomic E-state index is 13.7. The average molecular weight is 355 g/mol. The molecule has 1 aromatic carbocycles. The molecule has 5 N–H and O–H groups in total. The Hall–Kier alpha value is -2.64. The second-order valence-corrected chi connectivity index (χ2v) is 6.63. The number of benzene rings is 1. The Morgan fingerprint density at radius 1 is 1.27 bits per heavy atom. The van der Waals surface area contributed by atoms with Gasteiger partial charge in [-0.2, -0.15) is 0 Å². The van der Waals surface area contributed by atoms with Crippen molar-refractivity contribution in [2.75, 3.05) is 13.1 Å². The van der Waals surface area contributed by atoms with Crippen molar-refractivity contribution in [2.24, 2.45) is 10.7 Å². The Balaban J connectivity index is 1.67. The van der Waals surface area contributed by atoms with Gasteiger partial charge in [0.1, 0.15) is 11.6 Å². The van der Waals surface area contributed by atoms with Crippen molar-refractivity contribution >= 4 is 11.8 Å². The number of furan rings is 1. The molecule has 1 unspecified atom stereocenters. The number of hydrogen-bond donors (Lipinski definition) is 4. The minimum atomic E-state index is -1.23. The number of nitrogens with zero attached hydrogens (tertiary/aromatic N) is 1. The molecule has 7 heteroatoms. The lowest BCUT2D eigenvalue weighted by molar-refractivity contribution is 0.349. The maximum absolute atomic E-state index is 13.7. The molecular formula is C19H22FN5O. The number of halogens is 1. The van der Waals surface area contributed by atoms with Crippen molar-refractivity contribution in [1.82, 2.24) is 16.0 Å². The van der Waals surface area contributed by atoms with Crippen LogP contribution in [0.1, 0.15) is 24.0 Å². The van der Waals surface area contributed by atoms with E-state index in [4.69, 9.17) is 10.2 Å². The van der Waals surface area contributed by atoms with Gasteiger partial charge in [0.2, 0.25) is 5.79 Å². The standard InChI is InChI=1S/C19H22FN5O/c20-15-3-1-2-14(10-15)19(21)23-11-17(13-6-9-26-12-13)18(25-19)24-16-4-7-22-8-5-16/h1-3,6,9-12,16,22,24-25H,4-5,7-8,21H2. The molecule has 3 heterocycles. The van der Waals surface area contributed by atoms with E-state index in [1.54, 1.807) is 30.9 Å². The third-order valence-electron chi connectivity index (χ3n) is 4.77. The molecule has 1 saturated heterocycles. The summed E-state index contributed by atoms with van der Waals surface area (Å²) in [6.45, 7) is 1.94. The summed E-state index contributed by atoms with van der Waals surface area (Å²) in [5.74, 6) is -0.799. The number of hydrogen-bond acceptors (Lipinski definition) is 6. The number of piperidine rings is 1. The van der Waals surface area contributed by atoms with Gasteiger partial charge in [0.05, 0.1) is 12.5 Å². The van der Waals surface area contributed by atoms with Crippen LogP contribution >= 0.6 is 0 Å². The van der Waals surface area contributed by atoms with Crippen LogP contribution in [0.4, 0.5) is 4.39 Å². The molecule has 2 aliphatic heterocycles. The van der Waals surface area contributed by atoms with Crippen molar-refractivity contribution in [3.8, 4) is 0 Å². The lowest BCUT2D eigenvalue weighted by Crippen LogP contribution is -2.54. The summed E-state index contributed by atoms with van der Waals surface area (Å²) < 4.78 is 18.9. The van der Waals surface area contributed by atoms with Gasteiger partial charge in [0.25, 0.3) is 0 Å². The largest absolute Gasteiger partial charge is 0.472 e. The Kier molecular flexibility index (Phi) is 4.48. The van der Waals surface area contributed by atoms with Gasteiger partial charge in [-0.25, -0.2) is 9.38 Å². The first-order valence-electron chi connectivity index (χ1n) is 8.76. The second kappa shape index (κ2) is 6.93. The van der Waals surface area contributed by atoms with E-state index in [-0.39, 0.29) is 5.82 Å². The first-order valence-corrected chi connectivity index (χ1v) is 8.76. The van der Waals surface area contributed by atoms with Crippen LogP contribution in [0.3, 0.4) is 0 Å². The number of nitrogens with two attached hydrogens (primary N) is 1. The third kappa shape index (κ3) is 3.36. The topological polar surface area (TPSA) is 87.6 Å². The van der Waals surface area contributed by atoms with Crippen LogP contribution < -0.4 is 21.7 Å². The molecule has 1 atom stereocenters. The number of allylic oxidation sites excluding steroid dienone is 1. The van der Waals surface area contributed by atoms with Crippen LogP contribution in [0.25, 0.3) is 5.57 Å². The van der Waals surface area contributed by atoms with Crippen LogP contribution in [0, 0.1) is 5.82 Å². The highest BCUT2D eigenvalue weighted by atomic mass is 19.1. The Morgan fingerprint density at radius 2 is 2.12 bits per heavy atom. The van der Waals surface area contributed by atoms with Crippen LogP contribution in [-0.2, 0) is 5.79 Å². The van der Waals surface area contributed by atoms with Crippen LogP contribution in [0.2, 0.25) is 0 Å². The summed E-state index contributed by atoms with van der Waals surface area (Å²) in [6.07, 6.45) is 7.03. The van der Waals surface area contributed by atoms with Crippen LogP contribution in [0.5, 0.6) is 0 Å². The maximum Gasteiger partial charge on any atom is 0.210 e. The average Bonchev–Trinajstić information content (AvgIpc) is 3.17. The smallest absolute Gasteiger partial charge is 0.210 e. The van der Waals surface area contributed by atoms with E-state index in [9.17, 15) is 4.39 Å². The molecule has 1 aromatic heterocycles. The zero-order chi connectivity index (χ0) is 18.0. The SMILES string of the molecule is NC1(c2cccc(F)c2)N=CC(c2ccoc2)=C(NC2CCNCC2)N1. The zero-order valence-electron chi connectivity index (χ0n) is 14.3. The number of aliphatic imine (C=N–C) groups is 1. The molecule has 0 radical (unpaired) electrons. The number of rotatable bonds is 4. The fourth-order valence-corrected chi connectivity index (χ4v) is 3.31. The monoisotopic (exact) mass is 355 g/mol. The van der Waals surface area contributed by atoms with Crippen molar-refractivity contribution < 1.29 is 8.81 Å². The summed E-state index contributed by atoms with van der Waals surface area (Å²) >= 11 is 0. The molecule has 1 fully saturated rings. The lowest BCUT2D eigenvalue weighted by atomic mass is 10.0. The van der Waals surface area contributed by atoms with E-state index in [1.165, 1.54) is 12.1 Å². The van der Waals surface area contributed by atoms with Crippen molar-refractivity contribution in [3.63, 3.8) is 0 Å². The van der Waals surface area contributed by atoms with E-state index < -0.39 is 5.79 Å². The molecule has 6 nitrogen and oxygen atoms in total. The summed E-state index contributed by atoms with van der Waals surface area (Å²) in [6, 6.07) is 8.38. The Morgan fingerprint density at radius 3 is 2.85 bits per heavy atom. The van der Waals surface area contributed by atoms with Gasteiger partial charge in [-0.15, -0.1) is 0 Å². The molecule has 0 aliphatic carbocycles. The predicted molar refractivity (Wildman–Crippen MR) is 98.5 cm³/mol. The van der Waals surface area contributed by atoms with E-state index in [0.29, 0.717) is 11.6 Å². The van der Waals surface area contributed by atoms with E-state index in [1.807, 2.05) is 6.07 Å². The highest BCUT2D eigenvalue weighted by Crippen LogP contribution is 2.27. The summed E-state index contributed by atoms with van der Waals surface area (Å²) in [5.41, 5.74) is 8.81. The quantitative estimate of drug-likeness (QED) is 0.673. The summed E-state index contributed by atoms with van der Waals surface area (Å²) in [4.78, 5) is 4.48. The third-order valence-corrected chi connectivity index (χ3v) is 4.77. The van der Waals surface area contributed by atoms with Gasteiger partial charge in [-0.3, -0.25) is 5.73 Å².